The first kappa shape index (κ1) is 14.5. The maximum Gasteiger partial charge on any atom is 0.253 e. The van der Waals surface area contributed by atoms with Crippen LogP contribution in [-0.2, 0) is 4.79 Å². The molecular weight excluding hydrogens is 254 g/mol. The van der Waals surface area contributed by atoms with Crippen LogP contribution in [-0.4, -0.2) is 43.9 Å². The van der Waals surface area contributed by atoms with E-state index in [1.165, 1.54) is 17.7 Å². The molecule has 5 nitrogen and oxygen atoms in total. The molecule has 2 amide bonds. The Morgan fingerprint density at radius 2 is 2.05 bits per heavy atom. The van der Waals surface area contributed by atoms with Crippen molar-refractivity contribution in [1.29, 1.82) is 0 Å². The third-order valence-corrected chi connectivity index (χ3v) is 3.21. The van der Waals surface area contributed by atoms with Gasteiger partial charge < -0.3 is 15.5 Å². The largest absolute Gasteiger partial charge is 0.345 e. The minimum Gasteiger partial charge on any atom is -0.345 e. The lowest BCUT2D eigenvalue weighted by molar-refractivity contribution is -0.115. The molecule has 1 aliphatic carbocycles. The van der Waals surface area contributed by atoms with Gasteiger partial charge in [0, 0.05) is 25.3 Å². The number of rotatable bonds is 6. The second-order valence-corrected chi connectivity index (χ2v) is 5.40. The van der Waals surface area contributed by atoms with Crippen LogP contribution in [0.25, 0.3) is 0 Å². The number of nitrogens with zero attached hydrogens (tertiary/aromatic N) is 1. The molecule has 0 heterocycles. The van der Waals surface area contributed by atoms with Crippen LogP contribution in [0.1, 0.15) is 23.2 Å². The SMILES string of the molecule is CN(C)C(=O)c1cccc(NC(=O)CNCC2CC2)c1. The monoisotopic (exact) mass is 275 g/mol. The summed E-state index contributed by atoms with van der Waals surface area (Å²) in [5, 5.41) is 5.93. The summed E-state index contributed by atoms with van der Waals surface area (Å²) in [6.45, 7) is 1.22. The fraction of sp³-hybridized carbons (Fsp3) is 0.467. The first-order valence-electron chi connectivity index (χ1n) is 6.88. The van der Waals surface area contributed by atoms with E-state index in [2.05, 4.69) is 10.6 Å². The van der Waals surface area contributed by atoms with Gasteiger partial charge in [-0.2, -0.15) is 0 Å². The third-order valence-electron chi connectivity index (χ3n) is 3.21. The minimum absolute atomic E-state index is 0.0760. The zero-order chi connectivity index (χ0) is 14.5. The smallest absolute Gasteiger partial charge is 0.253 e. The van der Waals surface area contributed by atoms with Gasteiger partial charge in [-0.05, 0) is 43.5 Å². The lowest BCUT2D eigenvalue weighted by atomic mass is 10.2. The molecule has 0 atom stereocenters. The van der Waals surface area contributed by atoms with Crippen LogP contribution in [0, 0.1) is 5.92 Å². The van der Waals surface area contributed by atoms with Crippen molar-refractivity contribution in [2.75, 3.05) is 32.5 Å². The zero-order valence-corrected chi connectivity index (χ0v) is 12.0. The molecule has 0 bridgehead atoms. The van der Waals surface area contributed by atoms with Crippen LogP contribution in [0.4, 0.5) is 5.69 Å². The maximum atomic E-state index is 11.8. The Morgan fingerprint density at radius 1 is 1.30 bits per heavy atom. The minimum atomic E-state index is -0.0832. The summed E-state index contributed by atoms with van der Waals surface area (Å²) >= 11 is 0. The van der Waals surface area contributed by atoms with Gasteiger partial charge in [-0.1, -0.05) is 6.07 Å². The summed E-state index contributed by atoms with van der Waals surface area (Å²) in [6, 6.07) is 6.99. The van der Waals surface area contributed by atoms with Gasteiger partial charge in [0.05, 0.1) is 6.54 Å². The Labute approximate surface area is 119 Å². The van der Waals surface area contributed by atoms with Gasteiger partial charge in [0.25, 0.3) is 5.91 Å². The normalized spacial score (nSPS) is 13.9. The van der Waals surface area contributed by atoms with E-state index >= 15 is 0 Å². The summed E-state index contributed by atoms with van der Waals surface area (Å²) < 4.78 is 0. The average molecular weight is 275 g/mol. The molecule has 108 valence electrons. The Balaban J connectivity index is 1.86. The Kier molecular flexibility index (Phi) is 4.74. The fourth-order valence-corrected chi connectivity index (χ4v) is 1.91. The van der Waals surface area contributed by atoms with Crippen molar-refractivity contribution in [3.63, 3.8) is 0 Å². The standard InChI is InChI=1S/C15H21N3O2/c1-18(2)15(20)12-4-3-5-13(8-12)17-14(19)10-16-9-11-6-7-11/h3-5,8,11,16H,6-7,9-10H2,1-2H3,(H,17,19). The van der Waals surface area contributed by atoms with Crippen LogP contribution >= 0.6 is 0 Å². The highest BCUT2D eigenvalue weighted by Gasteiger charge is 2.20. The van der Waals surface area contributed by atoms with Crippen molar-refractivity contribution < 1.29 is 9.59 Å². The van der Waals surface area contributed by atoms with E-state index in [1.807, 2.05) is 0 Å². The van der Waals surface area contributed by atoms with Crippen LogP contribution in [0.5, 0.6) is 0 Å². The fourth-order valence-electron chi connectivity index (χ4n) is 1.91. The molecule has 20 heavy (non-hydrogen) atoms. The summed E-state index contributed by atoms with van der Waals surface area (Å²) in [5.74, 6) is 0.594. The van der Waals surface area contributed by atoms with E-state index in [1.54, 1.807) is 38.4 Å². The number of hydrogen-bond acceptors (Lipinski definition) is 3. The van der Waals surface area contributed by atoms with E-state index in [0.717, 1.165) is 12.5 Å². The summed E-state index contributed by atoms with van der Waals surface area (Å²) in [5.41, 5.74) is 1.22. The van der Waals surface area contributed by atoms with E-state index in [4.69, 9.17) is 0 Å². The molecule has 5 heteroatoms. The van der Waals surface area contributed by atoms with Crippen molar-refractivity contribution in [2.45, 2.75) is 12.8 Å². The highest BCUT2D eigenvalue weighted by atomic mass is 16.2. The molecule has 1 fully saturated rings. The molecule has 0 aromatic heterocycles. The summed E-state index contributed by atoms with van der Waals surface area (Å²) in [4.78, 5) is 25.1. The number of carbonyl (C=O) groups excluding carboxylic acids is 2. The number of amides is 2. The molecule has 0 radical (unpaired) electrons. The molecule has 2 rings (SSSR count). The predicted molar refractivity (Wildman–Crippen MR) is 78.7 cm³/mol. The van der Waals surface area contributed by atoms with E-state index in [-0.39, 0.29) is 11.8 Å². The number of anilines is 1. The van der Waals surface area contributed by atoms with Crippen molar-refractivity contribution in [1.82, 2.24) is 10.2 Å². The number of nitrogens with one attached hydrogen (secondary N) is 2. The van der Waals surface area contributed by atoms with Gasteiger partial charge in [-0.3, -0.25) is 9.59 Å². The molecule has 1 aromatic rings. The van der Waals surface area contributed by atoms with Crippen LogP contribution in [0.3, 0.4) is 0 Å². The van der Waals surface area contributed by atoms with E-state index < -0.39 is 0 Å². The lowest BCUT2D eigenvalue weighted by Crippen LogP contribution is -2.29. The number of benzene rings is 1. The van der Waals surface area contributed by atoms with E-state index in [0.29, 0.717) is 17.8 Å². The summed E-state index contributed by atoms with van der Waals surface area (Å²) in [6.07, 6.45) is 2.53. The topological polar surface area (TPSA) is 61.4 Å². The van der Waals surface area contributed by atoms with E-state index in [9.17, 15) is 9.59 Å². The molecule has 1 aliphatic rings. The highest BCUT2D eigenvalue weighted by Crippen LogP contribution is 2.27. The van der Waals surface area contributed by atoms with Gasteiger partial charge in [-0.15, -0.1) is 0 Å². The second kappa shape index (κ2) is 6.52. The summed E-state index contributed by atoms with van der Waals surface area (Å²) in [7, 11) is 3.41. The molecule has 0 spiro atoms. The molecule has 0 aliphatic heterocycles. The molecule has 1 aromatic carbocycles. The average Bonchev–Trinajstić information content (AvgIpc) is 3.22. The zero-order valence-electron chi connectivity index (χ0n) is 12.0. The van der Waals surface area contributed by atoms with Crippen molar-refractivity contribution in [2.24, 2.45) is 5.92 Å². The number of hydrogen-bond donors (Lipinski definition) is 2. The molecule has 2 N–H and O–H groups in total. The number of carbonyl (C=O) groups is 2. The Bertz CT molecular complexity index is 496. The van der Waals surface area contributed by atoms with Crippen molar-refractivity contribution in [3.8, 4) is 0 Å². The van der Waals surface area contributed by atoms with Crippen LogP contribution in [0.2, 0.25) is 0 Å². The van der Waals surface area contributed by atoms with Crippen molar-refractivity contribution in [3.05, 3.63) is 29.8 Å². The van der Waals surface area contributed by atoms with Crippen LogP contribution in [0.15, 0.2) is 24.3 Å². The quantitative estimate of drug-likeness (QED) is 0.823. The third kappa shape index (κ3) is 4.35. The Morgan fingerprint density at radius 3 is 2.70 bits per heavy atom. The first-order chi connectivity index (χ1) is 9.56. The Hall–Kier alpha value is -1.88. The molecule has 1 saturated carbocycles. The molecule has 0 saturated heterocycles. The maximum absolute atomic E-state index is 11.8. The van der Waals surface area contributed by atoms with Gasteiger partial charge in [0.1, 0.15) is 0 Å². The van der Waals surface area contributed by atoms with Crippen molar-refractivity contribution >= 4 is 17.5 Å². The van der Waals surface area contributed by atoms with Crippen LogP contribution < -0.4 is 10.6 Å². The lowest BCUT2D eigenvalue weighted by Gasteiger charge is -2.12. The van der Waals surface area contributed by atoms with Gasteiger partial charge in [0.2, 0.25) is 5.91 Å². The molecule has 0 unspecified atom stereocenters. The van der Waals surface area contributed by atoms with Gasteiger partial charge in [0.15, 0.2) is 0 Å². The highest BCUT2D eigenvalue weighted by molar-refractivity contribution is 5.97. The second-order valence-electron chi connectivity index (χ2n) is 5.40. The first-order valence-corrected chi connectivity index (χ1v) is 6.88. The predicted octanol–water partition coefficient (Wildman–Crippen LogP) is 1.33. The van der Waals surface area contributed by atoms with Gasteiger partial charge >= 0.3 is 0 Å². The van der Waals surface area contributed by atoms with Gasteiger partial charge in [-0.25, -0.2) is 0 Å². The molecular formula is C15H21N3O2.